The number of ether oxygens (including phenoxy) is 1. The molecule has 0 radical (unpaired) electrons. The number of halogens is 1. The zero-order valence-electron chi connectivity index (χ0n) is 11.2. The summed E-state index contributed by atoms with van der Waals surface area (Å²) in [6.45, 7) is 3.11. The van der Waals surface area contributed by atoms with Gasteiger partial charge in [-0.1, -0.05) is 13.0 Å². The van der Waals surface area contributed by atoms with E-state index in [0.29, 0.717) is 11.7 Å². The molecule has 0 aliphatic heterocycles. The predicted molar refractivity (Wildman–Crippen MR) is 71.3 cm³/mol. The van der Waals surface area contributed by atoms with Crippen molar-refractivity contribution in [3.05, 3.63) is 30.1 Å². The molecule has 1 unspecified atom stereocenters. The zero-order valence-corrected chi connectivity index (χ0v) is 11.2. The summed E-state index contributed by atoms with van der Waals surface area (Å²) in [4.78, 5) is 0. The predicted octanol–water partition coefficient (Wildman–Crippen LogP) is 2.88. The van der Waals surface area contributed by atoms with E-state index in [2.05, 4.69) is 18.3 Å². The molecule has 1 fully saturated rings. The van der Waals surface area contributed by atoms with Crippen LogP contribution in [0.25, 0.3) is 0 Å². The topological polar surface area (TPSA) is 45.0 Å². The first-order valence-electron chi connectivity index (χ1n) is 6.75. The normalized spacial score (nSPS) is 17.5. The van der Waals surface area contributed by atoms with Gasteiger partial charge in [-0.3, -0.25) is 5.32 Å². The molecule has 3 nitrogen and oxygen atoms in total. The zero-order chi connectivity index (χ0) is 13.7. The van der Waals surface area contributed by atoms with Crippen molar-refractivity contribution >= 4 is 0 Å². The summed E-state index contributed by atoms with van der Waals surface area (Å²) in [5.74, 6) is 0.490. The van der Waals surface area contributed by atoms with E-state index < -0.39 is 5.54 Å². The summed E-state index contributed by atoms with van der Waals surface area (Å²) < 4.78 is 18.7. The van der Waals surface area contributed by atoms with Gasteiger partial charge >= 0.3 is 0 Å². The lowest BCUT2D eigenvalue weighted by Gasteiger charge is -2.28. The van der Waals surface area contributed by atoms with Gasteiger partial charge in [0.25, 0.3) is 0 Å². The van der Waals surface area contributed by atoms with Gasteiger partial charge in [-0.05, 0) is 43.9 Å². The standard InChI is InChI=1S/C15H19FN2O/c1-2-8-18-15(10-17,12-6-7-12)11-19-14-5-3-4-13(16)9-14/h3-5,9,12,18H,2,6-8,11H2,1H3. The maximum absolute atomic E-state index is 13.1. The van der Waals surface area contributed by atoms with E-state index in [0.717, 1.165) is 25.8 Å². The lowest BCUT2D eigenvalue weighted by molar-refractivity contribution is 0.202. The second kappa shape index (κ2) is 6.03. The fourth-order valence-corrected chi connectivity index (χ4v) is 2.15. The molecule has 0 bridgehead atoms. The average Bonchev–Trinajstić information content (AvgIpc) is 3.25. The molecule has 0 amide bonds. The highest BCUT2D eigenvalue weighted by Crippen LogP contribution is 2.39. The maximum Gasteiger partial charge on any atom is 0.143 e. The fourth-order valence-electron chi connectivity index (χ4n) is 2.15. The summed E-state index contributed by atoms with van der Waals surface area (Å²) in [5, 5.41) is 12.8. The van der Waals surface area contributed by atoms with Gasteiger partial charge < -0.3 is 4.74 Å². The molecule has 0 aromatic heterocycles. The molecule has 1 N–H and O–H groups in total. The van der Waals surface area contributed by atoms with Gasteiger partial charge in [-0.25, -0.2) is 4.39 Å². The van der Waals surface area contributed by atoms with E-state index in [1.54, 1.807) is 12.1 Å². The van der Waals surface area contributed by atoms with Crippen LogP contribution in [-0.4, -0.2) is 18.7 Å². The first-order chi connectivity index (χ1) is 9.20. The molecule has 1 saturated carbocycles. The van der Waals surface area contributed by atoms with E-state index >= 15 is 0 Å². The van der Waals surface area contributed by atoms with Crippen molar-refractivity contribution in [2.75, 3.05) is 13.2 Å². The minimum absolute atomic E-state index is 0.262. The number of hydrogen-bond donors (Lipinski definition) is 1. The number of benzene rings is 1. The van der Waals surface area contributed by atoms with Crippen LogP contribution in [0.5, 0.6) is 5.75 Å². The van der Waals surface area contributed by atoms with Gasteiger partial charge in [0, 0.05) is 6.07 Å². The Balaban J connectivity index is 2.02. The molecule has 0 heterocycles. The van der Waals surface area contributed by atoms with Crippen molar-refractivity contribution < 1.29 is 9.13 Å². The first-order valence-corrected chi connectivity index (χ1v) is 6.75. The van der Waals surface area contributed by atoms with E-state index in [9.17, 15) is 9.65 Å². The van der Waals surface area contributed by atoms with Crippen LogP contribution in [0, 0.1) is 23.1 Å². The monoisotopic (exact) mass is 262 g/mol. The van der Waals surface area contributed by atoms with Gasteiger partial charge in [-0.15, -0.1) is 0 Å². The second-order valence-corrected chi connectivity index (χ2v) is 5.03. The minimum atomic E-state index is -0.637. The molecule has 2 rings (SSSR count). The van der Waals surface area contributed by atoms with Crippen LogP contribution in [-0.2, 0) is 0 Å². The number of rotatable bonds is 7. The van der Waals surface area contributed by atoms with Crippen LogP contribution in [0.2, 0.25) is 0 Å². The number of hydrogen-bond acceptors (Lipinski definition) is 3. The van der Waals surface area contributed by atoms with Gasteiger partial charge in [0.05, 0.1) is 6.07 Å². The lowest BCUT2D eigenvalue weighted by atomic mass is 9.96. The van der Waals surface area contributed by atoms with E-state index in [-0.39, 0.29) is 12.4 Å². The van der Waals surface area contributed by atoms with Crippen molar-refractivity contribution in [3.8, 4) is 11.8 Å². The Hall–Kier alpha value is -1.60. The molecular weight excluding hydrogens is 243 g/mol. The Labute approximate surface area is 113 Å². The lowest BCUT2D eigenvalue weighted by Crippen LogP contribution is -2.51. The molecule has 1 atom stereocenters. The van der Waals surface area contributed by atoms with Crippen LogP contribution in [0.15, 0.2) is 24.3 Å². The molecular formula is C15H19FN2O. The molecule has 0 saturated heterocycles. The van der Waals surface area contributed by atoms with E-state index in [1.165, 1.54) is 12.1 Å². The second-order valence-electron chi connectivity index (χ2n) is 5.03. The van der Waals surface area contributed by atoms with Crippen LogP contribution in [0.1, 0.15) is 26.2 Å². The summed E-state index contributed by atoms with van der Waals surface area (Å²) in [6.07, 6.45) is 3.07. The highest BCUT2D eigenvalue weighted by molar-refractivity contribution is 5.24. The van der Waals surface area contributed by atoms with Gasteiger partial charge in [-0.2, -0.15) is 5.26 Å². The van der Waals surface area contributed by atoms with Crippen molar-refractivity contribution in [2.45, 2.75) is 31.7 Å². The largest absolute Gasteiger partial charge is 0.490 e. The molecule has 19 heavy (non-hydrogen) atoms. The molecule has 1 aliphatic rings. The minimum Gasteiger partial charge on any atom is -0.490 e. The fraction of sp³-hybridized carbons (Fsp3) is 0.533. The number of nitrogens with zero attached hydrogens (tertiary/aromatic N) is 1. The van der Waals surface area contributed by atoms with E-state index in [1.807, 2.05) is 0 Å². The summed E-state index contributed by atoms with van der Waals surface area (Å²) >= 11 is 0. The van der Waals surface area contributed by atoms with Gasteiger partial charge in [0.2, 0.25) is 0 Å². The highest BCUT2D eigenvalue weighted by atomic mass is 19.1. The summed E-state index contributed by atoms with van der Waals surface area (Å²) in [5.41, 5.74) is -0.637. The third-order valence-corrected chi connectivity index (χ3v) is 3.43. The van der Waals surface area contributed by atoms with Crippen LogP contribution >= 0.6 is 0 Å². The Kier molecular flexibility index (Phi) is 4.39. The van der Waals surface area contributed by atoms with Gasteiger partial charge in [0.15, 0.2) is 0 Å². The molecule has 1 aromatic rings. The third kappa shape index (κ3) is 3.45. The maximum atomic E-state index is 13.1. The number of nitrogens with one attached hydrogen (secondary N) is 1. The third-order valence-electron chi connectivity index (χ3n) is 3.43. The molecule has 102 valence electrons. The van der Waals surface area contributed by atoms with E-state index in [4.69, 9.17) is 4.74 Å². The molecule has 4 heteroatoms. The molecule has 1 aromatic carbocycles. The smallest absolute Gasteiger partial charge is 0.143 e. The average molecular weight is 262 g/mol. The Morgan fingerprint density at radius 2 is 2.32 bits per heavy atom. The van der Waals surface area contributed by atoms with Crippen molar-refractivity contribution in [3.63, 3.8) is 0 Å². The Morgan fingerprint density at radius 3 is 2.89 bits per heavy atom. The number of nitriles is 1. The van der Waals surface area contributed by atoms with Crippen LogP contribution in [0.4, 0.5) is 4.39 Å². The van der Waals surface area contributed by atoms with Crippen molar-refractivity contribution in [2.24, 2.45) is 5.92 Å². The Morgan fingerprint density at radius 1 is 1.53 bits per heavy atom. The summed E-state index contributed by atoms with van der Waals surface area (Å²) in [7, 11) is 0. The SMILES string of the molecule is CCCNC(C#N)(COc1cccc(F)c1)C1CC1. The highest BCUT2D eigenvalue weighted by Gasteiger charge is 2.46. The van der Waals surface area contributed by atoms with Crippen LogP contribution < -0.4 is 10.1 Å². The quantitative estimate of drug-likeness (QED) is 0.821. The first kappa shape index (κ1) is 13.8. The van der Waals surface area contributed by atoms with Crippen molar-refractivity contribution in [1.82, 2.24) is 5.32 Å². The van der Waals surface area contributed by atoms with Crippen LogP contribution in [0.3, 0.4) is 0 Å². The molecule has 1 aliphatic carbocycles. The van der Waals surface area contributed by atoms with Gasteiger partial charge in [0.1, 0.15) is 23.7 Å². The molecule has 0 spiro atoms. The van der Waals surface area contributed by atoms with Crippen molar-refractivity contribution in [1.29, 1.82) is 5.26 Å². The Bertz CT molecular complexity index is 467. The summed E-state index contributed by atoms with van der Waals surface area (Å²) in [6, 6.07) is 8.40.